The van der Waals surface area contributed by atoms with Crippen LogP contribution in [0.4, 0.5) is 0 Å². The van der Waals surface area contributed by atoms with E-state index >= 15 is 0 Å². The molecule has 0 radical (unpaired) electrons. The maximum absolute atomic E-state index is 13.5. The molecule has 5 rings (SSSR count). The highest BCUT2D eigenvalue weighted by molar-refractivity contribution is 6.09. The zero-order chi connectivity index (χ0) is 22.2. The van der Waals surface area contributed by atoms with Crippen molar-refractivity contribution in [3.63, 3.8) is 0 Å². The van der Waals surface area contributed by atoms with E-state index in [0.717, 1.165) is 42.1 Å². The molecule has 1 atom stereocenters. The largest absolute Gasteiger partial charge is 0.497 e. The number of ether oxygens (including phenoxy) is 1. The van der Waals surface area contributed by atoms with Crippen LogP contribution in [0.3, 0.4) is 0 Å². The first kappa shape index (κ1) is 20.2. The normalized spacial score (nSPS) is 14.5. The zero-order valence-electron chi connectivity index (χ0n) is 18.3. The first-order valence-electron chi connectivity index (χ1n) is 10.9. The molecule has 1 amide bonds. The van der Waals surface area contributed by atoms with Crippen LogP contribution in [-0.4, -0.2) is 32.9 Å². The Balaban J connectivity index is 1.56. The molecule has 1 aromatic carbocycles. The van der Waals surface area contributed by atoms with Gasteiger partial charge in [0.1, 0.15) is 11.4 Å². The third kappa shape index (κ3) is 3.62. The molecule has 1 saturated carbocycles. The van der Waals surface area contributed by atoms with Crippen molar-refractivity contribution in [1.82, 2.24) is 25.2 Å². The standard InChI is InChI=1S/C24H25N5O3/c1-4-29-20(11-12-25-29)14(2)26-23(30)18-13-19(15-5-6-15)27-24-21(18)22(28-32-24)16-7-9-17(31-3)10-8-16/h7-15H,4-6H2,1-3H3,(H,26,30)/t14-/m1/s1. The third-order valence-electron chi connectivity index (χ3n) is 5.91. The number of carbonyl (C=O) groups excluding carboxylic acids is 1. The lowest BCUT2D eigenvalue weighted by Gasteiger charge is -2.16. The van der Waals surface area contributed by atoms with E-state index in [1.54, 1.807) is 13.3 Å². The summed E-state index contributed by atoms with van der Waals surface area (Å²) in [6.07, 6.45) is 3.90. The van der Waals surface area contributed by atoms with Gasteiger partial charge in [0.25, 0.3) is 11.6 Å². The molecule has 0 bridgehead atoms. The summed E-state index contributed by atoms with van der Waals surface area (Å²) in [5.41, 5.74) is 4.17. The molecule has 0 saturated heterocycles. The second-order valence-corrected chi connectivity index (χ2v) is 8.08. The first-order valence-corrected chi connectivity index (χ1v) is 10.9. The van der Waals surface area contributed by atoms with Gasteiger partial charge in [-0.2, -0.15) is 5.10 Å². The monoisotopic (exact) mass is 431 g/mol. The molecular weight excluding hydrogens is 406 g/mol. The van der Waals surface area contributed by atoms with Crippen LogP contribution in [0.25, 0.3) is 22.4 Å². The maximum atomic E-state index is 13.5. The summed E-state index contributed by atoms with van der Waals surface area (Å²) in [4.78, 5) is 18.2. The van der Waals surface area contributed by atoms with Gasteiger partial charge in [-0.15, -0.1) is 0 Å². The fourth-order valence-corrected chi connectivity index (χ4v) is 4.01. The molecule has 4 aromatic rings. The number of aromatic nitrogens is 4. The fraction of sp³-hybridized carbons (Fsp3) is 0.333. The Labute approximate surface area is 185 Å². The topological polar surface area (TPSA) is 95.1 Å². The van der Waals surface area contributed by atoms with Gasteiger partial charge in [0.15, 0.2) is 0 Å². The number of nitrogens with one attached hydrogen (secondary N) is 1. The van der Waals surface area contributed by atoms with Gasteiger partial charge in [0, 0.05) is 29.9 Å². The maximum Gasteiger partial charge on any atom is 0.259 e. The Morgan fingerprint density at radius 2 is 2.06 bits per heavy atom. The highest BCUT2D eigenvalue weighted by Gasteiger charge is 2.30. The zero-order valence-corrected chi connectivity index (χ0v) is 18.3. The molecule has 1 aliphatic rings. The molecule has 8 nitrogen and oxygen atoms in total. The quantitative estimate of drug-likeness (QED) is 0.463. The van der Waals surface area contributed by atoms with Crippen LogP contribution in [0.5, 0.6) is 5.75 Å². The van der Waals surface area contributed by atoms with Crippen molar-refractivity contribution in [2.24, 2.45) is 0 Å². The SMILES string of the molecule is CCn1nccc1[C@@H](C)NC(=O)c1cc(C2CC2)nc2onc(-c3ccc(OC)cc3)c12. The van der Waals surface area contributed by atoms with Crippen LogP contribution in [-0.2, 0) is 6.54 Å². The average Bonchev–Trinajstić information content (AvgIpc) is 3.40. The first-order chi connectivity index (χ1) is 15.6. The molecule has 3 aromatic heterocycles. The predicted octanol–water partition coefficient (Wildman–Crippen LogP) is 4.48. The Morgan fingerprint density at radius 1 is 1.28 bits per heavy atom. The molecule has 0 unspecified atom stereocenters. The van der Waals surface area contributed by atoms with Crippen LogP contribution in [0.2, 0.25) is 0 Å². The lowest BCUT2D eigenvalue weighted by Crippen LogP contribution is -2.28. The van der Waals surface area contributed by atoms with E-state index in [0.29, 0.717) is 28.3 Å². The molecule has 32 heavy (non-hydrogen) atoms. The summed E-state index contributed by atoms with van der Waals surface area (Å²) in [5.74, 6) is 0.933. The molecule has 1 fully saturated rings. The van der Waals surface area contributed by atoms with Crippen LogP contribution < -0.4 is 10.1 Å². The van der Waals surface area contributed by atoms with Gasteiger partial charge >= 0.3 is 0 Å². The van der Waals surface area contributed by atoms with E-state index in [-0.39, 0.29) is 11.9 Å². The Hall–Kier alpha value is -3.68. The lowest BCUT2D eigenvalue weighted by atomic mass is 10.0. The van der Waals surface area contributed by atoms with E-state index in [1.165, 1.54) is 0 Å². The number of hydrogen-bond acceptors (Lipinski definition) is 6. The summed E-state index contributed by atoms with van der Waals surface area (Å²) < 4.78 is 12.7. The van der Waals surface area contributed by atoms with E-state index in [1.807, 2.05) is 54.9 Å². The van der Waals surface area contributed by atoms with E-state index in [9.17, 15) is 4.79 Å². The lowest BCUT2D eigenvalue weighted by molar-refractivity contribution is 0.0939. The van der Waals surface area contributed by atoms with Gasteiger partial charge in [-0.05, 0) is 63.1 Å². The van der Waals surface area contributed by atoms with Crippen molar-refractivity contribution in [2.75, 3.05) is 7.11 Å². The van der Waals surface area contributed by atoms with Crippen LogP contribution in [0.15, 0.2) is 47.1 Å². The van der Waals surface area contributed by atoms with Crippen molar-refractivity contribution >= 4 is 17.0 Å². The number of carbonyl (C=O) groups is 1. The predicted molar refractivity (Wildman–Crippen MR) is 120 cm³/mol. The molecule has 164 valence electrons. The molecular formula is C24H25N5O3. The number of benzene rings is 1. The summed E-state index contributed by atoms with van der Waals surface area (Å²) >= 11 is 0. The molecule has 0 aliphatic heterocycles. The second-order valence-electron chi connectivity index (χ2n) is 8.08. The Bertz CT molecular complexity index is 1270. The molecule has 0 spiro atoms. The number of hydrogen-bond donors (Lipinski definition) is 1. The van der Waals surface area contributed by atoms with Gasteiger partial charge < -0.3 is 14.6 Å². The number of fused-ring (bicyclic) bond motifs is 1. The summed E-state index contributed by atoms with van der Waals surface area (Å²) in [5, 5.41) is 12.3. The van der Waals surface area contributed by atoms with E-state index < -0.39 is 0 Å². The summed E-state index contributed by atoms with van der Waals surface area (Å²) in [6, 6.07) is 11.1. The molecule has 3 heterocycles. The number of rotatable bonds is 7. The van der Waals surface area contributed by atoms with Gasteiger partial charge in [-0.1, -0.05) is 5.16 Å². The summed E-state index contributed by atoms with van der Waals surface area (Å²) in [7, 11) is 1.62. The van der Waals surface area contributed by atoms with Gasteiger partial charge in [0.05, 0.1) is 29.8 Å². The Kier molecular flexibility index (Phi) is 5.13. The minimum atomic E-state index is -0.207. The minimum absolute atomic E-state index is 0.186. The van der Waals surface area contributed by atoms with Crippen LogP contribution in [0.1, 0.15) is 60.4 Å². The molecule has 8 heteroatoms. The van der Waals surface area contributed by atoms with Crippen LogP contribution in [0, 0.1) is 0 Å². The van der Waals surface area contributed by atoms with Gasteiger partial charge in [-0.3, -0.25) is 9.48 Å². The molecule has 1 N–H and O–H groups in total. The smallest absolute Gasteiger partial charge is 0.259 e. The number of methoxy groups -OCH3 is 1. The van der Waals surface area contributed by atoms with Gasteiger partial charge in [0.2, 0.25) is 0 Å². The highest BCUT2D eigenvalue weighted by Crippen LogP contribution is 2.41. The van der Waals surface area contributed by atoms with Crippen molar-refractivity contribution in [2.45, 2.75) is 45.2 Å². The average molecular weight is 431 g/mol. The van der Waals surface area contributed by atoms with Crippen LogP contribution >= 0.6 is 0 Å². The Morgan fingerprint density at radius 3 is 2.75 bits per heavy atom. The number of amides is 1. The fourth-order valence-electron chi connectivity index (χ4n) is 4.01. The van der Waals surface area contributed by atoms with Crippen molar-refractivity contribution in [1.29, 1.82) is 0 Å². The van der Waals surface area contributed by atoms with E-state index in [4.69, 9.17) is 9.26 Å². The second kappa shape index (κ2) is 8.11. The number of pyridine rings is 1. The van der Waals surface area contributed by atoms with Crippen molar-refractivity contribution in [3.8, 4) is 17.0 Å². The van der Waals surface area contributed by atoms with E-state index in [2.05, 4.69) is 20.6 Å². The highest BCUT2D eigenvalue weighted by atomic mass is 16.5. The van der Waals surface area contributed by atoms with Crippen molar-refractivity contribution in [3.05, 3.63) is 59.5 Å². The number of aryl methyl sites for hydroxylation is 1. The minimum Gasteiger partial charge on any atom is -0.497 e. The number of nitrogens with zero attached hydrogens (tertiary/aromatic N) is 4. The third-order valence-corrected chi connectivity index (χ3v) is 5.91. The van der Waals surface area contributed by atoms with Crippen molar-refractivity contribution < 1.29 is 14.1 Å². The summed E-state index contributed by atoms with van der Waals surface area (Å²) in [6.45, 7) is 4.72. The van der Waals surface area contributed by atoms with Gasteiger partial charge in [-0.25, -0.2) is 4.98 Å². The molecule has 1 aliphatic carbocycles.